The van der Waals surface area contributed by atoms with E-state index in [9.17, 15) is 4.39 Å². The third-order valence-electron chi connectivity index (χ3n) is 3.58. The van der Waals surface area contributed by atoms with E-state index in [0.717, 1.165) is 17.9 Å². The van der Waals surface area contributed by atoms with Gasteiger partial charge in [0.1, 0.15) is 5.82 Å². The minimum atomic E-state index is -0.265. The second kappa shape index (κ2) is 6.07. The van der Waals surface area contributed by atoms with Crippen molar-refractivity contribution < 1.29 is 4.39 Å². The molecule has 0 saturated heterocycles. The molecule has 0 aromatic carbocycles. The van der Waals surface area contributed by atoms with Gasteiger partial charge in [-0.15, -0.1) is 0 Å². The smallest absolute Gasteiger partial charge is 0.216 e. The van der Waals surface area contributed by atoms with Crippen LogP contribution in [0.5, 0.6) is 0 Å². The van der Waals surface area contributed by atoms with Gasteiger partial charge >= 0.3 is 0 Å². The molecular formula is C14H22FN5. The van der Waals surface area contributed by atoms with Gasteiger partial charge in [-0.25, -0.2) is 4.68 Å². The maximum absolute atomic E-state index is 14.0. The molecule has 2 aromatic heterocycles. The molecule has 0 fully saturated rings. The van der Waals surface area contributed by atoms with Crippen LogP contribution in [0, 0.1) is 12.9 Å². The van der Waals surface area contributed by atoms with Crippen molar-refractivity contribution in [3.05, 3.63) is 29.5 Å². The molecule has 1 atom stereocenters. The molecule has 0 bridgehead atoms. The van der Waals surface area contributed by atoms with Crippen molar-refractivity contribution in [1.82, 2.24) is 19.6 Å². The van der Waals surface area contributed by atoms with Crippen molar-refractivity contribution in [1.29, 1.82) is 0 Å². The molecule has 2 aromatic rings. The SMILES string of the molecule is CCC(C)n1ccc(NCc2c(C)nn(CC)c2F)n1. The monoisotopic (exact) mass is 279 g/mol. The Morgan fingerprint density at radius 3 is 2.70 bits per heavy atom. The summed E-state index contributed by atoms with van der Waals surface area (Å²) in [4.78, 5) is 0. The van der Waals surface area contributed by atoms with Crippen LogP contribution in [-0.4, -0.2) is 19.6 Å². The first-order valence-corrected chi connectivity index (χ1v) is 7.07. The molecule has 1 N–H and O–H groups in total. The first kappa shape index (κ1) is 14.6. The van der Waals surface area contributed by atoms with E-state index in [4.69, 9.17) is 0 Å². The van der Waals surface area contributed by atoms with Gasteiger partial charge in [0, 0.05) is 37.0 Å². The number of aryl methyl sites for hydroxylation is 2. The molecule has 0 aliphatic rings. The molecule has 0 saturated carbocycles. The fraction of sp³-hybridized carbons (Fsp3) is 0.571. The van der Waals surface area contributed by atoms with Crippen molar-refractivity contribution in [2.45, 2.75) is 53.2 Å². The third kappa shape index (κ3) is 2.84. The Hall–Kier alpha value is -1.85. The van der Waals surface area contributed by atoms with Gasteiger partial charge in [0.05, 0.1) is 5.69 Å². The fourth-order valence-electron chi connectivity index (χ4n) is 2.04. The zero-order valence-corrected chi connectivity index (χ0v) is 12.5. The molecule has 2 heterocycles. The number of aromatic nitrogens is 4. The van der Waals surface area contributed by atoms with Crippen LogP contribution in [0.3, 0.4) is 0 Å². The number of nitrogens with one attached hydrogen (secondary N) is 1. The molecule has 20 heavy (non-hydrogen) atoms. The van der Waals surface area contributed by atoms with Crippen LogP contribution in [0.2, 0.25) is 0 Å². The highest BCUT2D eigenvalue weighted by atomic mass is 19.1. The third-order valence-corrected chi connectivity index (χ3v) is 3.58. The molecule has 110 valence electrons. The summed E-state index contributed by atoms with van der Waals surface area (Å²) in [5.41, 5.74) is 1.32. The summed E-state index contributed by atoms with van der Waals surface area (Å²) in [5.74, 6) is 0.493. The lowest BCUT2D eigenvalue weighted by molar-refractivity contribution is 0.464. The highest BCUT2D eigenvalue weighted by molar-refractivity contribution is 5.34. The van der Waals surface area contributed by atoms with E-state index >= 15 is 0 Å². The molecule has 2 rings (SSSR count). The highest BCUT2D eigenvalue weighted by Crippen LogP contribution is 2.16. The second-order valence-electron chi connectivity index (χ2n) is 4.96. The van der Waals surface area contributed by atoms with Crippen molar-refractivity contribution >= 4 is 5.82 Å². The number of halogens is 1. The van der Waals surface area contributed by atoms with Gasteiger partial charge in [0.2, 0.25) is 5.95 Å². The maximum atomic E-state index is 14.0. The molecule has 5 nitrogen and oxygen atoms in total. The number of hydrogen-bond acceptors (Lipinski definition) is 3. The Bertz CT molecular complexity index is 572. The predicted octanol–water partition coefficient (Wildman–Crippen LogP) is 3.13. The lowest BCUT2D eigenvalue weighted by Gasteiger charge is -2.08. The first-order chi connectivity index (χ1) is 9.56. The van der Waals surface area contributed by atoms with Crippen LogP contribution in [-0.2, 0) is 13.1 Å². The molecule has 0 amide bonds. The standard InChI is InChI=1S/C14H22FN5/c1-5-10(3)20-8-7-13(18-20)16-9-12-11(4)17-19(6-2)14(12)15/h7-8,10H,5-6,9H2,1-4H3,(H,16,18). The second-order valence-corrected chi connectivity index (χ2v) is 4.96. The van der Waals surface area contributed by atoms with E-state index in [1.165, 1.54) is 4.68 Å². The van der Waals surface area contributed by atoms with Crippen LogP contribution in [0.4, 0.5) is 10.2 Å². The zero-order valence-electron chi connectivity index (χ0n) is 12.5. The summed E-state index contributed by atoms with van der Waals surface area (Å²) in [6, 6.07) is 2.27. The Morgan fingerprint density at radius 2 is 2.10 bits per heavy atom. The largest absolute Gasteiger partial charge is 0.364 e. The van der Waals surface area contributed by atoms with Crippen LogP contribution in [0.15, 0.2) is 12.3 Å². The normalized spacial score (nSPS) is 12.7. The summed E-state index contributed by atoms with van der Waals surface area (Å²) in [6.45, 7) is 8.87. The molecule has 0 radical (unpaired) electrons. The van der Waals surface area contributed by atoms with Gasteiger partial charge in [-0.2, -0.15) is 14.6 Å². The molecule has 0 aliphatic carbocycles. The van der Waals surface area contributed by atoms with E-state index in [-0.39, 0.29) is 5.95 Å². The first-order valence-electron chi connectivity index (χ1n) is 7.07. The number of hydrogen-bond donors (Lipinski definition) is 1. The molecule has 0 spiro atoms. The highest BCUT2D eigenvalue weighted by Gasteiger charge is 2.14. The van der Waals surface area contributed by atoms with Gasteiger partial charge in [0.25, 0.3) is 0 Å². The van der Waals surface area contributed by atoms with Crippen LogP contribution >= 0.6 is 0 Å². The predicted molar refractivity (Wildman–Crippen MR) is 77.2 cm³/mol. The minimum Gasteiger partial charge on any atom is -0.364 e. The number of rotatable bonds is 6. The molecule has 1 unspecified atom stereocenters. The number of anilines is 1. The van der Waals surface area contributed by atoms with E-state index in [1.807, 2.05) is 30.8 Å². The van der Waals surface area contributed by atoms with E-state index < -0.39 is 0 Å². The van der Waals surface area contributed by atoms with Crippen LogP contribution < -0.4 is 5.32 Å². The van der Waals surface area contributed by atoms with Crippen molar-refractivity contribution in [2.24, 2.45) is 0 Å². The van der Waals surface area contributed by atoms with E-state index in [1.54, 1.807) is 0 Å². The molecule has 6 heteroatoms. The molecular weight excluding hydrogens is 257 g/mol. The van der Waals surface area contributed by atoms with Gasteiger partial charge in [0.15, 0.2) is 0 Å². The summed E-state index contributed by atoms with van der Waals surface area (Å²) < 4.78 is 17.3. The van der Waals surface area contributed by atoms with Crippen LogP contribution in [0.1, 0.15) is 44.5 Å². The summed E-state index contributed by atoms with van der Waals surface area (Å²) >= 11 is 0. The lowest BCUT2D eigenvalue weighted by Crippen LogP contribution is -2.07. The number of nitrogens with zero attached hydrogens (tertiary/aromatic N) is 4. The fourth-order valence-corrected chi connectivity index (χ4v) is 2.04. The van der Waals surface area contributed by atoms with Gasteiger partial charge in [-0.05, 0) is 27.2 Å². The quantitative estimate of drug-likeness (QED) is 0.883. The molecule has 0 aliphatic heterocycles. The Morgan fingerprint density at radius 1 is 1.35 bits per heavy atom. The lowest BCUT2D eigenvalue weighted by atomic mass is 10.2. The summed E-state index contributed by atoms with van der Waals surface area (Å²) in [6.07, 6.45) is 2.97. The van der Waals surface area contributed by atoms with Gasteiger partial charge < -0.3 is 5.32 Å². The Balaban J connectivity index is 2.05. The van der Waals surface area contributed by atoms with Crippen LogP contribution in [0.25, 0.3) is 0 Å². The zero-order chi connectivity index (χ0) is 14.7. The van der Waals surface area contributed by atoms with Crippen molar-refractivity contribution in [3.8, 4) is 0 Å². The van der Waals surface area contributed by atoms with Gasteiger partial charge in [-0.3, -0.25) is 4.68 Å². The van der Waals surface area contributed by atoms with Gasteiger partial charge in [-0.1, -0.05) is 6.92 Å². The average Bonchev–Trinajstić information content (AvgIpc) is 3.01. The maximum Gasteiger partial charge on any atom is 0.216 e. The van der Waals surface area contributed by atoms with Crippen molar-refractivity contribution in [3.63, 3.8) is 0 Å². The van der Waals surface area contributed by atoms with E-state index in [2.05, 4.69) is 29.4 Å². The Labute approximate surface area is 118 Å². The average molecular weight is 279 g/mol. The van der Waals surface area contributed by atoms with E-state index in [0.29, 0.717) is 24.7 Å². The summed E-state index contributed by atoms with van der Waals surface area (Å²) in [5, 5.41) is 11.8. The van der Waals surface area contributed by atoms with Crippen molar-refractivity contribution in [2.75, 3.05) is 5.32 Å². The summed E-state index contributed by atoms with van der Waals surface area (Å²) in [7, 11) is 0. The topological polar surface area (TPSA) is 47.7 Å². The minimum absolute atomic E-state index is 0.265. The Kier molecular flexibility index (Phi) is 4.42.